The van der Waals surface area contributed by atoms with Gasteiger partial charge in [-0.25, -0.2) is 4.98 Å². The molecule has 2 aromatic carbocycles. The van der Waals surface area contributed by atoms with Crippen molar-refractivity contribution in [2.75, 3.05) is 21.3 Å². The highest BCUT2D eigenvalue weighted by Gasteiger charge is 2.15. The van der Waals surface area contributed by atoms with Gasteiger partial charge in [0.05, 0.1) is 37.6 Å². The molecule has 3 aromatic rings. The summed E-state index contributed by atoms with van der Waals surface area (Å²) in [7, 11) is 4.62. The highest BCUT2D eigenvalue weighted by molar-refractivity contribution is 7.11. The zero-order chi connectivity index (χ0) is 21.0. The fraction of sp³-hybridized carbons (Fsp3) is 0.143. The number of hydrogen-bond acceptors (Lipinski definition) is 6. The smallest absolute Gasteiger partial charge is 0.203 e. The lowest BCUT2D eigenvalue weighted by molar-refractivity contribution is 0.324. The second-order valence-corrected chi connectivity index (χ2v) is 7.49. The van der Waals surface area contributed by atoms with Gasteiger partial charge in [-0.1, -0.05) is 23.2 Å². The molecule has 0 fully saturated rings. The van der Waals surface area contributed by atoms with Crippen LogP contribution in [0.2, 0.25) is 10.0 Å². The summed E-state index contributed by atoms with van der Waals surface area (Å²) in [5.74, 6) is 1.49. The maximum Gasteiger partial charge on any atom is 0.203 e. The maximum absolute atomic E-state index is 9.68. The van der Waals surface area contributed by atoms with E-state index in [0.717, 1.165) is 11.1 Å². The Kier molecular flexibility index (Phi) is 6.65. The number of ether oxygens (including phenoxy) is 3. The van der Waals surface area contributed by atoms with Crippen molar-refractivity contribution in [2.45, 2.75) is 0 Å². The van der Waals surface area contributed by atoms with E-state index in [0.29, 0.717) is 43.6 Å². The van der Waals surface area contributed by atoms with Gasteiger partial charge < -0.3 is 14.2 Å². The van der Waals surface area contributed by atoms with E-state index in [9.17, 15) is 5.26 Å². The van der Waals surface area contributed by atoms with E-state index < -0.39 is 0 Å². The molecule has 0 N–H and O–H groups in total. The van der Waals surface area contributed by atoms with Crippen LogP contribution in [-0.4, -0.2) is 26.3 Å². The summed E-state index contributed by atoms with van der Waals surface area (Å²) in [6.07, 6.45) is 1.72. The number of thiazole rings is 1. The summed E-state index contributed by atoms with van der Waals surface area (Å²) in [6.45, 7) is 0. The maximum atomic E-state index is 9.68. The molecule has 0 aliphatic carbocycles. The Labute approximate surface area is 182 Å². The molecule has 148 valence electrons. The summed E-state index contributed by atoms with van der Waals surface area (Å²) in [5.41, 5.74) is 2.55. The van der Waals surface area contributed by atoms with Gasteiger partial charge in [-0.2, -0.15) is 5.26 Å². The van der Waals surface area contributed by atoms with Crippen molar-refractivity contribution < 1.29 is 14.2 Å². The highest BCUT2D eigenvalue weighted by atomic mass is 35.5. The first-order chi connectivity index (χ1) is 14.0. The Balaban J connectivity index is 2.02. The van der Waals surface area contributed by atoms with Crippen LogP contribution in [0, 0.1) is 11.3 Å². The fourth-order valence-corrected chi connectivity index (χ4v) is 4.00. The van der Waals surface area contributed by atoms with Crippen LogP contribution in [-0.2, 0) is 0 Å². The van der Waals surface area contributed by atoms with E-state index in [4.69, 9.17) is 37.4 Å². The Bertz CT molecular complexity index is 1090. The molecule has 5 nitrogen and oxygen atoms in total. The van der Waals surface area contributed by atoms with Crippen molar-refractivity contribution in [3.63, 3.8) is 0 Å². The Morgan fingerprint density at radius 3 is 2.31 bits per heavy atom. The molecule has 0 unspecified atom stereocenters. The number of methoxy groups -OCH3 is 3. The summed E-state index contributed by atoms with van der Waals surface area (Å²) < 4.78 is 16.1. The summed E-state index contributed by atoms with van der Waals surface area (Å²) in [4.78, 5) is 4.57. The minimum atomic E-state index is 0.403. The predicted molar refractivity (Wildman–Crippen MR) is 117 cm³/mol. The van der Waals surface area contributed by atoms with Crippen LogP contribution in [0.15, 0.2) is 35.7 Å². The van der Waals surface area contributed by atoms with E-state index in [2.05, 4.69) is 11.1 Å². The third kappa shape index (κ3) is 4.48. The van der Waals surface area contributed by atoms with Gasteiger partial charge in [-0.3, -0.25) is 0 Å². The summed E-state index contributed by atoms with van der Waals surface area (Å²) in [6, 6.07) is 10.9. The molecular formula is C21H16Cl2N2O3S. The molecule has 8 heteroatoms. The predicted octanol–water partition coefficient (Wildman–Crippen LogP) is 6.21. The van der Waals surface area contributed by atoms with E-state index in [1.807, 2.05) is 5.38 Å². The van der Waals surface area contributed by atoms with Crippen LogP contribution in [0.25, 0.3) is 22.9 Å². The van der Waals surface area contributed by atoms with Gasteiger partial charge >= 0.3 is 0 Å². The quantitative estimate of drug-likeness (QED) is 0.421. The largest absolute Gasteiger partial charge is 0.493 e. The molecule has 0 saturated carbocycles. The molecule has 1 heterocycles. The van der Waals surface area contributed by atoms with Crippen LogP contribution in [0.3, 0.4) is 0 Å². The lowest BCUT2D eigenvalue weighted by Crippen LogP contribution is -1.95. The summed E-state index contributed by atoms with van der Waals surface area (Å²) in [5, 5.41) is 13.2. The molecule has 0 atom stereocenters. The standard InChI is InChI=1S/C21H16Cl2N2O3S/c1-26-18-7-12(8-19(27-2)20(18)28-3)6-13(10-24)21-25-17(11-29-21)15-5-4-14(22)9-16(15)23/h4-9,11H,1-3H3. The normalized spacial score (nSPS) is 11.1. The second kappa shape index (κ2) is 9.19. The van der Waals surface area contributed by atoms with Gasteiger partial charge in [0.2, 0.25) is 5.75 Å². The van der Waals surface area contributed by atoms with E-state index in [1.165, 1.54) is 18.4 Å². The molecule has 0 aliphatic heterocycles. The van der Waals surface area contributed by atoms with Gasteiger partial charge in [0.1, 0.15) is 11.1 Å². The van der Waals surface area contributed by atoms with Crippen molar-refractivity contribution in [3.8, 4) is 34.6 Å². The lowest BCUT2D eigenvalue weighted by atomic mass is 10.1. The van der Waals surface area contributed by atoms with Crippen molar-refractivity contribution >= 4 is 46.2 Å². The minimum Gasteiger partial charge on any atom is -0.493 e. The SMILES string of the molecule is COc1cc(C=C(C#N)c2nc(-c3ccc(Cl)cc3Cl)cs2)cc(OC)c1OC. The number of nitrogens with zero attached hydrogens (tertiary/aromatic N) is 2. The van der Waals surface area contributed by atoms with Gasteiger partial charge in [0, 0.05) is 16.0 Å². The van der Waals surface area contributed by atoms with E-state index in [1.54, 1.807) is 50.6 Å². The molecule has 29 heavy (non-hydrogen) atoms. The molecule has 0 aliphatic rings. The molecular weight excluding hydrogens is 431 g/mol. The molecule has 0 amide bonds. The Morgan fingerprint density at radius 2 is 1.76 bits per heavy atom. The lowest BCUT2D eigenvalue weighted by Gasteiger charge is -2.13. The number of aromatic nitrogens is 1. The van der Waals surface area contributed by atoms with Crippen LogP contribution >= 0.6 is 34.5 Å². The van der Waals surface area contributed by atoms with Crippen molar-refractivity contribution in [2.24, 2.45) is 0 Å². The molecule has 3 rings (SSSR count). The first-order valence-corrected chi connectivity index (χ1v) is 9.97. The summed E-state index contributed by atoms with van der Waals surface area (Å²) >= 11 is 13.6. The van der Waals surface area contributed by atoms with Gasteiger partial charge in [-0.05, 0) is 42.0 Å². The second-order valence-electron chi connectivity index (χ2n) is 5.79. The van der Waals surface area contributed by atoms with E-state index >= 15 is 0 Å². The topological polar surface area (TPSA) is 64.4 Å². The van der Waals surface area contributed by atoms with Crippen LogP contribution in [0.4, 0.5) is 0 Å². The van der Waals surface area contributed by atoms with Crippen LogP contribution in [0.5, 0.6) is 17.2 Å². The zero-order valence-corrected chi connectivity index (χ0v) is 18.2. The Morgan fingerprint density at radius 1 is 1.07 bits per heavy atom. The number of hydrogen-bond donors (Lipinski definition) is 0. The molecule has 0 bridgehead atoms. The number of allylic oxidation sites excluding steroid dienone is 1. The van der Waals surface area contributed by atoms with Crippen molar-refractivity contribution in [1.29, 1.82) is 5.26 Å². The first-order valence-electron chi connectivity index (χ1n) is 8.33. The molecule has 1 aromatic heterocycles. The average Bonchev–Trinajstić information content (AvgIpc) is 3.20. The van der Waals surface area contributed by atoms with Crippen LogP contribution in [0.1, 0.15) is 10.6 Å². The number of rotatable bonds is 6. The number of benzene rings is 2. The highest BCUT2D eigenvalue weighted by Crippen LogP contribution is 2.39. The third-order valence-corrected chi connectivity index (χ3v) is 5.48. The minimum absolute atomic E-state index is 0.403. The monoisotopic (exact) mass is 446 g/mol. The van der Waals surface area contributed by atoms with E-state index in [-0.39, 0.29) is 0 Å². The Hall–Kier alpha value is -2.72. The van der Waals surface area contributed by atoms with Gasteiger partial charge in [-0.15, -0.1) is 11.3 Å². The fourth-order valence-electron chi connectivity index (χ4n) is 2.71. The number of halogens is 2. The van der Waals surface area contributed by atoms with Gasteiger partial charge in [0.15, 0.2) is 11.5 Å². The molecule has 0 spiro atoms. The number of nitriles is 1. The van der Waals surface area contributed by atoms with Gasteiger partial charge in [0.25, 0.3) is 0 Å². The molecule has 0 radical (unpaired) electrons. The third-order valence-electron chi connectivity index (χ3n) is 4.06. The zero-order valence-electron chi connectivity index (χ0n) is 15.8. The van der Waals surface area contributed by atoms with Crippen molar-refractivity contribution in [1.82, 2.24) is 4.98 Å². The van der Waals surface area contributed by atoms with Crippen LogP contribution < -0.4 is 14.2 Å². The first kappa shape index (κ1) is 21.0. The van der Waals surface area contributed by atoms with Crippen molar-refractivity contribution in [3.05, 3.63) is 56.3 Å². The molecule has 0 saturated heterocycles. The average molecular weight is 447 g/mol.